The van der Waals surface area contributed by atoms with Crippen LogP contribution in [0.25, 0.3) is 0 Å². The van der Waals surface area contributed by atoms with Gasteiger partial charge in [-0.15, -0.1) is 0 Å². The summed E-state index contributed by atoms with van der Waals surface area (Å²) in [7, 11) is 3.51. The normalized spacial score (nSPS) is 12.9. The van der Waals surface area contributed by atoms with Crippen molar-refractivity contribution in [2.75, 3.05) is 19.0 Å². The molecular formula is C24H26N4O3. The van der Waals surface area contributed by atoms with E-state index in [4.69, 9.17) is 4.74 Å². The Morgan fingerprint density at radius 2 is 1.84 bits per heavy atom. The van der Waals surface area contributed by atoms with Crippen molar-refractivity contribution in [1.82, 2.24) is 14.7 Å². The van der Waals surface area contributed by atoms with E-state index >= 15 is 0 Å². The molecule has 3 aromatic rings. The lowest BCUT2D eigenvalue weighted by Crippen LogP contribution is -2.36. The number of benzene rings is 2. The molecule has 1 aromatic heterocycles. The standard InChI is InChI=1S/C24H26N4O3/c1-27-20-14-15-28(22(29)13-12-17-8-6-7-11-21(17)31-2)16-19(20)23(26-27)25-24(30)18-9-4-3-5-10-18/h3-11H,12-16H2,1-2H3,(H,25,26,30). The fourth-order valence-electron chi connectivity index (χ4n) is 3.98. The van der Waals surface area contributed by atoms with E-state index in [-0.39, 0.29) is 11.8 Å². The van der Waals surface area contributed by atoms with Gasteiger partial charge in [-0.1, -0.05) is 36.4 Å². The number of aryl methyl sites for hydroxylation is 2. The molecule has 0 bridgehead atoms. The molecule has 0 saturated heterocycles. The second-order valence-corrected chi connectivity index (χ2v) is 7.59. The zero-order valence-electron chi connectivity index (χ0n) is 17.8. The third-order valence-electron chi connectivity index (χ3n) is 5.66. The fourth-order valence-corrected chi connectivity index (χ4v) is 3.98. The maximum Gasteiger partial charge on any atom is 0.256 e. The lowest BCUT2D eigenvalue weighted by atomic mass is 10.0. The van der Waals surface area contributed by atoms with Crippen molar-refractivity contribution in [3.8, 4) is 5.75 Å². The molecule has 7 nitrogen and oxygen atoms in total. The predicted molar refractivity (Wildman–Crippen MR) is 118 cm³/mol. The number of carbonyl (C=O) groups excluding carboxylic acids is 2. The monoisotopic (exact) mass is 418 g/mol. The van der Waals surface area contributed by atoms with Crippen molar-refractivity contribution >= 4 is 17.6 Å². The van der Waals surface area contributed by atoms with Gasteiger partial charge in [0, 0.05) is 43.3 Å². The highest BCUT2D eigenvalue weighted by molar-refractivity contribution is 6.04. The molecule has 0 radical (unpaired) electrons. The largest absolute Gasteiger partial charge is 0.496 e. The van der Waals surface area contributed by atoms with Crippen LogP contribution in [0, 0.1) is 0 Å². The van der Waals surface area contributed by atoms with Gasteiger partial charge < -0.3 is 15.0 Å². The summed E-state index contributed by atoms with van der Waals surface area (Å²) >= 11 is 0. The Bertz CT molecular complexity index is 1090. The number of fused-ring (bicyclic) bond motifs is 1. The predicted octanol–water partition coefficient (Wildman–Crippen LogP) is 3.20. The molecule has 0 unspecified atom stereocenters. The van der Waals surface area contributed by atoms with Crippen molar-refractivity contribution in [3.05, 3.63) is 77.0 Å². The zero-order chi connectivity index (χ0) is 21.8. The van der Waals surface area contributed by atoms with Gasteiger partial charge in [-0.2, -0.15) is 5.10 Å². The number of rotatable bonds is 6. The highest BCUT2D eigenvalue weighted by Crippen LogP contribution is 2.27. The Balaban J connectivity index is 1.45. The number of ether oxygens (including phenoxy) is 1. The lowest BCUT2D eigenvalue weighted by molar-refractivity contribution is -0.132. The van der Waals surface area contributed by atoms with Crippen molar-refractivity contribution in [1.29, 1.82) is 0 Å². The number of nitrogens with zero attached hydrogens (tertiary/aromatic N) is 3. The van der Waals surface area contributed by atoms with Crippen LogP contribution in [0.3, 0.4) is 0 Å². The van der Waals surface area contributed by atoms with E-state index in [1.165, 1.54) is 0 Å². The summed E-state index contributed by atoms with van der Waals surface area (Å²) in [4.78, 5) is 27.3. The van der Waals surface area contributed by atoms with Crippen LogP contribution in [0.2, 0.25) is 0 Å². The summed E-state index contributed by atoms with van der Waals surface area (Å²) in [6.45, 7) is 1.09. The van der Waals surface area contributed by atoms with Gasteiger partial charge in [-0.05, 0) is 30.2 Å². The molecule has 0 spiro atoms. The second-order valence-electron chi connectivity index (χ2n) is 7.59. The zero-order valence-corrected chi connectivity index (χ0v) is 17.8. The average molecular weight is 418 g/mol. The van der Waals surface area contributed by atoms with Crippen molar-refractivity contribution in [2.45, 2.75) is 25.8 Å². The van der Waals surface area contributed by atoms with E-state index in [0.29, 0.717) is 43.7 Å². The van der Waals surface area contributed by atoms with Gasteiger partial charge >= 0.3 is 0 Å². The van der Waals surface area contributed by atoms with Gasteiger partial charge in [0.1, 0.15) is 5.75 Å². The van der Waals surface area contributed by atoms with E-state index in [2.05, 4.69) is 10.4 Å². The van der Waals surface area contributed by atoms with Crippen molar-refractivity contribution < 1.29 is 14.3 Å². The summed E-state index contributed by atoms with van der Waals surface area (Å²) in [5.41, 5.74) is 3.55. The Morgan fingerprint density at radius 3 is 2.61 bits per heavy atom. The van der Waals surface area contributed by atoms with Crippen LogP contribution in [-0.4, -0.2) is 40.1 Å². The van der Waals surface area contributed by atoms with Gasteiger partial charge in [0.2, 0.25) is 5.91 Å². The van der Waals surface area contributed by atoms with Crippen LogP contribution in [0.1, 0.15) is 33.6 Å². The number of hydrogen-bond donors (Lipinski definition) is 1. The molecular weight excluding hydrogens is 392 g/mol. The topological polar surface area (TPSA) is 76.5 Å². The first kappa shape index (κ1) is 20.7. The number of aromatic nitrogens is 2. The quantitative estimate of drug-likeness (QED) is 0.667. The van der Waals surface area contributed by atoms with Gasteiger partial charge in [0.15, 0.2) is 5.82 Å². The molecule has 1 aliphatic heterocycles. The molecule has 2 heterocycles. The lowest BCUT2D eigenvalue weighted by Gasteiger charge is -2.28. The Labute approximate surface area is 181 Å². The second kappa shape index (κ2) is 9.04. The van der Waals surface area contributed by atoms with Crippen LogP contribution in [-0.2, 0) is 31.2 Å². The van der Waals surface area contributed by atoms with E-state index < -0.39 is 0 Å². The first-order valence-corrected chi connectivity index (χ1v) is 10.4. The number of methoxy groups -OCH3 is 1. The van der Waals surface area contributed by atoms with Crippen LogP contribution in [0.4, 0.5) is 5.82 Å². The van der Waals surface area contributed by atoms with E-state index in [9.17, 15) is 9.59 Å². The first-order chi connectivity index (χ1) is 15.1. The van der Waals surface area contributed by atoms with Gasteiger partial charge in [-0.25, -0.2) is 0 Å². The maximum absolute atomic E-state index is 12.9. The first-order valence-electron chi connectivity index (χ1n) is 10.4. The maximum atomic E-state index is 12.9. The molecule has 1 N–H and O–H groups in total. The van der Waals surface area contributed by atoms with E-state index in [0.717, 1.165) is 22.6 Å². The molecule has 2 aromatic carbocycles. The Morgan fingerprint density at radius 1 is 1.10 bits per heavy atom. The Hall–Kier alpha value is -3.61. The molecule has 0 fully saturated rings. The molecule has 0 aliphatic carbocycles. The molecule has 160 valence electrons. The summed E-state index contributed by atoms with van der Waals surface area (Å²) in [6, 6.07) is 16.8. The van der Waals surface area contributed by atoms with Crippen LogP contribution >= 0.6 is 0 Å². The van der Waals surface area contributed by atoms with Crippen molar-refractivity contribution in [2.24, 2.45) is 7.05 Å². The minimum Gasteiger partial charge on any atom is -0.496 e. The van der Waals surface area contributed by atoms with Crippen LogP contribution in [0.15, 0.2) is 54.6 Å². The smallest absolute Gasteiger partial charge is 0.256 e. The number of nitrogens with one attached hydrogen (secondary N) is 1. The number of carbonyl (C=O) groups is 2. The third-order valence-corrected chi connectivity index (χ3v) is 5.66. The number of hydrogen-bond acceptors (Lipinski definition) is 4. The summed E-state index contributed by atoms with van der Waals surface area (Å²) < 4.78 is 7.18. The number of amides is 2. The minimum absolute atomic E-state index is 0.0840. The molecule has 2 amide bonds. The van der Waals surface area contributed by atoms with Gasteiger partial charge in [0.05, 0.1) is 13.7 Å². The summed E-state index contributed by atoms with van der Waals surface area (Å²) in [5, 5.41) is 7.41. The minimum atomic E-state index is -0.207. The summed E-state index contributed by atoms with van der Waals surface area (Å²) in [5.74, 6) is 1.20. The summed E-state index contributed by atoms with van der Waals surface area (Å²) in [6.07, 6.45) is 1.74. The van der Waals surface area contributed by atoms with E-state index in [1.54, 1.807) is 23.9 Å². The van der Waals surface area contributed by atoms with Crippen LogP contribution < -0.4 is 10.1 Å². The van der Waals surface area contributed by atoms with E-state index in [1.807, 2.05) is 54.4 Å². The van der Waals surface area contributed by atoms with Gasteiger partial charge in [0.25, 0.3) is 5.91 Å². The molecule has 31 heavy (non-hydrogen) atoms. The third kappa shape index (κ3) is 4.45. The van der Waals surface area contributed by atoms with Gasteiger partial charge in [-0.3, -0.25) is 14.3 Å². The molecule has 1 aliphatic rings. The molecule has 4 rings (SSSR count). The molecule has 0 saturated carbocycles. The molecule has 0 atom stereocenters. The number of anilines is 1. The Kier molecular flexibility index (Phi) is 6.02. The fraction of sp³-hybridized carbons (Fsp3) is 0.292. The molecule has 7 heteroatoms. The van der Waals surface area contributed by atoms with Crippen molar-refractivity contribution in [3.63, 3.8) is 0 Å². The van der Waals surface area contributed by atoms with Crippen LogP contribution in [0.5, 0.6) is 5.75 Å². The highest BCUT2D eigenvalue weighted by atomic mass is 16.5. The number of para-hydroxylation sites is 1. The SMILES string of the molecule is COc1ccccc1CCC(=O)N1CCc2c(c(NC(=O)c3ccccc3)nn2C)C1. The highest BCUT2D eigenvalue weighted by Gasteiger charge is 2.27. The average Bonchev–Trinajstić information content (AvgIpc) is 3.12.